The van der Waals surface area contributed by atoms with E-state index in [1.807, 2.05) is 17.5 Å². The van der Waals surface area contributed by atoms with Crippen LogP contribution < -0.4 is 20.7 Å². The van der Waals surface area contributed by atoms with Gasteiger partial charge in [-0.3, -0.25) is 4.79 Å². The van der Waals surface area contributed by atoms with Crippen molar-refractivity contribution in [3.05, 3.63) is 59.6 Å². The molecule has 0 radical (unpaired) electrons. The Balaban J connectivity index is 1.43. The molecule has 0 aliphatic carbocycles. The van der Waals surface area contributed by atoms with Gasteiger partial charge in [-0.2, -0.15) is 0 Å². The molecule has 4 heterocycles. The third-order valence-electron chi connectivity index (χ3n) is 5.30. The molecule has 8 nitrogen and oxygen atoms in total. The van der Waals surface area contributed by atoms with Gasteiger partial charge in [-0.15, -0.1) is 11.3 Å². The second-order valence-corrected chi connectivity index (χ2v) is 8.40. The highest BCUT2D eigenvalue weighted by molar-refractivity contribution is 7.17. The maximum absolute atomic E-state index is 12.7. The van der Waals surface area contributed by atoms with Gasteiger partial charge in [0.05, 0.1) is 17.3 Å². The Kier molecular flexibility index (Phi) is 5.66. The molecule has 5 rings (SSSR count). The summed E-state index contributed by atoms with van der Waals surface area (Å²) in [5.41, 5.74) is 2.16. The van der Waals surface area contributed by atoms with Crippen LogP contribution in [0.5, 0.6) is 5.75 Å². The summed E-state index contributed by atoms with van der Waals surface area (Å²) in [5.74, 6) is 2.21. The maximum atomic E-state index is 12.7. The number of nitrogens with one attached hydrogen (secondary N) is 3. The van der Waals surface area contributed by atoms with E-state index in [0.717, 1.165) is 41.1 Å². The summed E-state index contributed by atoms with van der Waals surface area (Å²) in [6, 6.07) is 12.9. The van der Waals surface area contributed by atoms with Crippen molar-refractivity contribution in [1.29, 1.82) is 0 Å². The zero-order chi connectivity index (χ0) is 21.9. The highest BCUT2D eigenvalue weighted by atomic mass is 32.1. The van der Waals surface area contributed by atoms with Crippen molar-refractivity contribution in [2.75, 3.05) is 30.8 Å². The Morgan fingerprint density at radius 3 is 3.00 bits per heavy atom. The van der Waals surface area contributed by atoms with Crippen LogP contribution in [0.2, 0.25) is 0 Å². The molecule has 4 aromatic rings. The van der Waals surface area contributed by atoms with Crippen LogP contribution in [0.4, 0.5) is 11.6 Å². The van der Waals surface area contributed by atoms with Gasteiger partial charge < -0.3 is 20.7 Å². The van der Waals surface area contributed by atoms with Gasteiger partial charge in [-0.1, -0.05) is 6.07 Å². The fraction of sp³-hybridized carbons (Fsp3) is 0.217. The monoisotopic (exact) mass is 446 g/mol. The van der Waals surface area contributed by atoms with E-state index in [-0.39, 0.29) is 5.91 Å². The zero-order valence-corrected chi connectivity index (χ0v) is 18.3. The van der Waals surface area contributed by atoms with Gasteiger partial charge in [-0.25, -0.2) is 15.0 Å². The van der Waals surface area contributed by atoms with Gasteiger partial charge in [0.15, 0.2) is 5.82 Å². The summed E-state index contributed by atoms with van der Waals surface area (Å²) >= 11 is 1.63. The largest absolute Gasteiger partial charge is 0.497 e. The van der Waals surface area contributed by atoms with Gasteiger partial charge in [-0.05, 0) is 54.7 Å². The van der Waals surface area contributed by atoms with Crippen molar-refractivity contribution in [1.82, 2.24) is 20.3 Å². The zero-order valence-electron chi connectivity index (χ0n) is 17.5. The number of methoxy groups -OCH3 is 1. The number of aromatic nitrogens is 3. The third kappa shape index (κ3) is 4.25. The number of fused-ring (bicyclic) bond motifs is 1. The molecule has 1 fully saturated rings. The van der Waals surface area contributed by atoms with Gasteiger partial charge in [0.25, 0.3) is 5.91 Å². The minimum atomic E-state index is -0.265. The number of nitrogens with zero attached hydrogens (tertiary/aromatic N) is 3. The van der Waals surface area contributed by atoms with Crippen LogP contribution in [0.1, 0.15) is 16.8 Å². The quantitative estimate of drug-likeness (QED) is 0.414. The minimum Gasteiger partial charge on any atom is -0.497 e. The van der Waals surface area contributed by atoms with E-state index in [4.69, 9.17) is 14.7 Å². The molecule has 0 bridgehead atoms. The van der Waals surface area contributed by atoms with Gasteiger partial charge in [0.2, 0.25) is 0 Å². The number of amides is 1. The van der Waals surface area contributed by atoms with Crippen LogP contribution in [0, 0.1) is 0 Å². The summed E-state index contributed by atoms with van der Waals surface area (Å²) in [6.45, 7) is 1.92. The first-order valence-electron chi connectivity index (χ1n) is 10.3. The Morgan fingerprint density at radius 2 is 2.16 bits per heavy atom. The highest BCUT2D eigenvalue weighted by Gasteiger charge is 2.18. The topological polar surface area (TPSA) is 101 Å². The number of pyridine rings is 1. The summed E-state index contributed by atoms with van der Waals surface area (Å²) in [5, 5.41) is 11.8. The maximum Gasteiger partial charge on any atom is 0.256 e. The molecule has 1 aliphatic rings. The van der Waals surface area contributed by atoms with E-state index in [2.05, 4.69) is 20.9 Å². The van der Waals surface area contributed by atoms with Crippen LogP contribution in [-0.4, -0.2) is 47.1 Å². The fourth-order valence-electron chi connectivity index (χ4n) is 3.65. The smallest absolute Gasteiger partial charge is 0.256 e. The first-order valence-corrected chi connectivity index (χ1v) is 11.2. The molecule has 1 atom stereocenters. The molecular formula is C23H22N6O2S. The molecule has 1 unspecified atom stereocenters. The van der Waals surface area contributed by atoms with E-state index in [9.17, 15) is 4.79 Å². The molecular weight excluding hydrogens is 424 g/mol. The third-order valence-corrected chi connectivity index (χ3v) is 6.21. The summed E-state index contributed by atoms with van der Waals surface area (Å²) in [4.78, 5) is 26.5. The molecule has 32 heavy (non-hydrogen) atoms. The first-order chi connectivity index (χ1) is 15.7. The molecule has 3 aromatic heterocycles. The number of hydrogen-bond donors (Lipinski definition) is 3. The van der Waals surface area contributed by atoms with Crippen molar-refractivity contribution in [2.24, 2.45) is 0 Å². The van der Waals surface area contributed by atoms with Crippen LogP contribution >= 0.6 is 11.3 Å². The molecule has 1 saturated heterocycles. The molecule has 1 aromatic carbocycles. The van der Waals surface area contributed by atoms with Crippen molar-refractivity contribution in [3.8, 4) is 17.1 Å². The lowest BCUT2D eigenvalue weighted by Crippen LogP contribution is -2.22. The van der Waals surface area contributed by atoms with Gasteiger partial charge in [0.1, 0.15) is 17.4 Å². The molecule has 9 heteroatoms. The minimum absolute atomic E-state index is 0.265. The molecule has 3 N–H and O–H groups in total. The normalized spacial score (nSPS) is 15.6. The Hall–Kier alpha value is -3.56. The molecule has 1 aliphatic heterocycles. The number of hydrogen-bond acceptors (Lipinski definition) is 8. The second kappa shape index (κ2) is 8.89. The van der Waals surface area contributed by atoms with E-state index < -0.39 is 0 Å². The second-order valence-electron chi connectivity index (χ2n) is 7.48. The SMILES string of the molecule is COc1cccc(C(=O)Nc2cc(-c3nc(NC4CCNC4)c4sccc4n3)ccn2)c1. The van der Waals surface area contributed by atoms with Crippen LogP contribution in [0.3, 0.4) is 0 Å². The number of thiophene rings is 1. The highest BCUT2D eigenvalue weighted by Crippen LogP contribution is 2.30. The predicted molar refractivity (Wildman–Crippen MR) is 126 cm³/mol. The van der Waals surface area contributed by atoms with Crippen LogP contribution in [0.25, 0.3) is 21.6 Å². The van der Waals surface area contributed by atoms with Gasteiger partial charge in [0, 0.05) is 29.9 Å². The standard InChI is InChI=1S/C23H22N6O2S/c1-31-17-4-2-3-15(11-17)23(30)28-19-12-14(5-9-25-19)21-27-18-7-10-32-20(18)22(29-21)26-16-6-8-24-13-16/h2-5,7,9-12,16,24H,6,8,13H2,1H3,(H,25,28,30)(H,26,27,29). The van der Waals surface area contributed by atoms with E-state index in [0.29, 0.717) is 29.0 Å². The lowest BCUT2D eigenvalue weighted by molar-refractivity contribution is 0.102. The van der Waals surface area contributed by atoms with E-state index in [1.54, 1.807) is 55.0 Å². The number of anilines is 2. The number of ether oxygens (including phenoxy) is 1. The summed E-state index contributed by atoms with van der Waals surface area (Å²) in [7, 11) is 1.57. The number of benzene rings is 1. The van der Waals surface area contributed by atoms with Gasteiger partial charge >= 0.3 is 0 Å². The number of carbonyl (C=O) groups is 1. The van der Waals surface area contributed by atoms with Crippen molar-refractivity contribution in [2.45, 2.75) is 12.5 Å². The molecule has 1 amide bonds. The van der Waals surface area contributed by atoms with Crippen molar-refractivity contribution >= 4 is 39.1 Å². The van der Waals surface area contributed by atoms with Crippen molar-refractivity contribution in [3.63, 3.8) is 0 Å². The fourth-order valence-corrected chi connectivity index (χ4v) is 4.44. The molecule has 0 spiro atoms. The first kappa shape index (κ1) is 20.3. The average Bonchev–Trinajstić information content (AvgIpc) is 3.51. The van der Waals surface area contributed by atoms with Crippen molar-refractivity contribution < 1.29 is 9.53 Å². The Bertz CT molecular complexity index is 1270. The van der Waals surface area contributed by atoms with E-state index in [1.165, 1.54) is 0 Å². The summed E-state index contributed by atoms with van der Waals surface area (Å²) < 4.78 is 6.24. The summed E-state index contributed by atoms with van der Waals surface area (Å²) in [6.07, 6.45) is 2.70. The Morgan fingerprint density at radius 1 is 1.22 bits per heavy atom. The Labute approximate surface area is 189 Å². The number of carbonyl (C=O) groups excluding carboxylic acids is 1. The van der Waals surface area contributed by atoms with Crippen LogP contribution in [0.15, 0.2) is 54.0 Å². The average molecular weight is 447 g/mol. The number of rotatable bonds is 6. The lowest BCUT2D eigenvalue weighted by Gasteiger charge is -2.14. The van der Waals surface area contributed by atoms with Crippen LogP contribution in [-0.2, 0) is 0 Å². The predicted octanol–water partition coefficient (Wildman–Crippen LogP) is 3.79. The molecule has 0 saturated carbocycles. The lowest BCUT2D eigenvalue weighted by atomic mass is 10.2. The van der Waals surface area contributed by atoms with E-state index >= 15 is 0 Å². The molecule has 162 valence electrons.